The van der Waals surface area contributed by atoms with Crippen molar-refractivity contribution in [1.82, 2.24) is 0 Å². The van der Waals surface area contributed by atoms with E-state index in [-0.39, 0.29) is 47.7 Å². The van der Waals surface area contributed by atoms with Crippen LogP contribution in [0.3, 0.4) is 0 Å². The van der Waals surface area contributed by atoms with Gasteiger partial charge in [-0.2, -0.15) is 0 Å². The van der Waals surface area contributed by atoms with Crippen molar-refractivity contribution in [3.05, 3.63) is 121 Å². The highest BCUT2D eigenvalue weighted by molar-refractivity contribution is 7.00. The van der Waals surface area contributed by atoms with Crippen molar-refractivity contribution in [2.24, 2.45) is 0 Å². The minimum atomic E-state index is -2.87. The zero-order chi connectivity index (χ0) is 39.0. The predicted octanol–water partition coefficient (Wildman–Crippen LogP) is 7.33. The van der Waals surface area contributed by atoms with Crippen LogP contribution in [0.25, 0.3) is 0 Å². The van der Waals surface area contributed by atoms with Gasteiger partial charge in [0.1, 0.15) is 0 Å². The number of hydrogen-bond acceptors (Lipinski definition) is 6. The molecule has 292 valence electrons. The summed E-state index contributed by atoms with van der Waals surface area (Å²) in [5.41, 5.74) is 0. The van der Waals surface area contributed by atoms with Gasteiger partial charge in [-0.3, -0.25) is 0 Å². The number of benzene rings is 4. The van der Waals surface area contributed by atoms with Crippen molar-refractivity contribution in [3.8, 4) is 0 Å². The standard InChI is InChI=1S/C46H64O6Si2/c1-44(2,3)53(40-21-13-9-14-22-40,41-23-15-10-16-24-41)51-36(29-31-47)33-38-35-39(50-46(7,8)49-38)34-37(30-32-48)52-54(45(4,5)6,42-25-17-11-18-26-42)43-27-19-12-20-28-43/h9-28,36-39,47-48H,29-35H2,1-8H3/t36-,37-,38+,39+/m1/s1. The van der Waals surface area contributed by atoms with Crippen molar-refractivity contribution < 1.29 is 28.5 Å². The molecule has 0 saturated carbocycles. The van der Waals surface area contributed by atoms with Gasteiger partial charge in [0.25, 0.3) is 16.6 Å². The molecule has 0 bridgehead atoms. The third-order valence-corrected chi connectivity index (χ3v) is 21.1. The van der Waals surface area contributed by atoms with Crippen LogP contribution in [0.15, 0.2) is 121 Å². The first kappa shape index (κ1) is 42.2. The van der Waals surface area contributed by atoms with E-state index < -0.39 is 22.4 Å². The van der Waals surface area contributed by atoms with Crippen LogP contribution in [0.4, 0.5) is 0 Å². The smallest absolute Gasteiger partial charge is 0.261 e. The van der Waals surface area contributed by atoms with Crippen molar-refractivity contribution in [2.75, 3.05) is 13.2 Å². The molecule has 5 rings (SSSR count). The Morgan fingerprint density at radius 2 is 0.833 bits per heavy atom. The van der Waals surface area contributed by atoms with E-state index >= 15 is 0 Å². The average molecular weight is 769 g/mol. The molecule has 4 aromatic rings. The summed E-state index contributed by atoms with van der Waals surface area (Å²) < 4.78 is 28.5. The lowest BCUT2D eigenvalue weighted by Gasteiger charge is -2.48. The van der Waals surface area contributed by atoms with Crippen LogP contribution in [0.5, 0.6) is 0 Å². The van der Waals surface area contributed by atoms with Crippen molar-refractivity contribution in [2.45, 2.75) is 128 Å². The van der Waals surface area contributed by atoms with Crippen molar-refractivity contribution in [3.63, 3.8) is 0 Å². The van der Waals surface area contributed by atoms with Gasteiger partial charge in [-0.15, -0.1) is 0 Å². The fourth-order valence-corrected chi connectivity index (χ4v) is 18.2. The summed E-state index contributed by atoms with van der Waals surface area (Å²) in [7, 11) is -5.75. The van der Waals surface area contributed by atoms with Gasteiger partial charge in [-0.25, -0.2) is 0 Å². The lowest BCUT2D eigenvalue weighted by molar-refractivity contribution is -0.305. The molecule has 0 amide bonds. The molecule has 6 nitrogen and oxygen atoms in total. The molecule has 1 aliphatic rings. The van der Waals surface area contributed by atoms with Crippen LogP contribution in [0.1, 0.15) is 87.5 Å². The van der Waals surface area contributed by atoms with Crippen LogP contribution in [-0.4, -0.2) is 70.3 Å². The first-order valence-electron chi connectivity index (χ1n) is 19.8. The quantitative estimate of drug-likeness (QED) is 0.116. The molecule has 1 fully saturated rings. The second-order valence-electron chi connectivity index (χ2n) is 17.4. The lowest BCUT2D eigenvalue weighted by atomic mass is 9.97. The number of ether oxygens (including phenoxy) is 2. The fraction of sp³-hybridized carbons (Fsp3) is 0.478. The van der Waals surface area contributed by atoms with E-state index in [1.807, 2.05) is 13.8 Å². The maximum Gasteiger partial charge on any atom is 0.261 e. The molecule has 8 heteroatoms. The summed E-state index contributed by atoms with van der Waals surface area (Å²) in [6.07, 6.45) is 2.06. The highest BCUT2D eigenvalue weighted by Crippen LogP contribution is 2.41. The minimum absolute atomic E-state index is 0.0177. The highest BCUT2D eigenvalue weighted by atomic mass is 28.4. The van der Waals surface area contributed by atoms with Gasteiger partial charge in [0.05, 0.1) is 24.4 Å². The van der Waals surface area contributed by atoms with E-state index in [9.17, 15) is 10.2 Å². The summed E-state index contributed by atoms with van der Waals surface area (Å²) >= 11 is 0. The molecule has 4 atom stereocenters. The summed E-state index contributed by atoms with van der Waals surface area (Å²) in [5.74, 6) is -0.837. The largest absolute Gasteiger partial charge is 0.404 e. The summed E-state index contributed by atoms with van der Waals surface area (Å²) in [6, 6.07) is 42.7. The zero-order valence-corrected chi connectivity index (χ0v) is 35.8. The number of rotatable bonds is 16. The Kier molecular flexibility index (Phi) is 14.0. The van der Waals surface area contributed by atoms with E-state index in [1.165, 1.54) is 20.7 Å². The van der Waals surface area contributed by atoms with E-state index in [1.54, 1.807) is 0 Å². The topological polar surface area (TPSA) is 77.4 Å². The Balaban J connectivity index is 1.45. The zero-order valence-electron chi connectivity index (χ0n) is 33.8. The van der Waals surface area contributed by atoms with Crippen LogP contribution in [0, 0.1) is 0 Å². The van der Waals surface area contributed by atoms with Crippen LogP contribution >= 0.6 is 0 Å². The molecule has 0 unspecified atom stereocenters. The monoisotopic (exact) mass is 768 g/mol. The maximum atomic E-state index is 10.4. The second kappa shape index (κ2) is 17.9. The molecular weight excluding hydrogens is 705 g/mol. The first-order chi connectivity index (χ1) is 25.6. The molecule has 0 spiro atoms. The van der Waals surface area contributed by atoms with Gasteiger partial charge < -0.3 is 28.5 Å². The Hall–Kier alpha value is -2.93. The maximum absolute atomic E-state index is 10.4. The van der Waals surface area contributed by atoms with Crippen molar-refractivity contribution in [1.29, 1.82) is 0 Å². The third kappa shape index (κ3) is 9.53. The molecule has 2 N–H and O–H groups in total. The van der Waals surface area contributed by atoms with E-state index in [2.05, 4.69) is 163 Å². The molecule has 4 aromatic carbocycles. The lowest BCUT2D eigenvalue weighted by Crippen LogP contribution is -2.68. The van der Waals surface area contributed by atoms with Gasteiger partial charge in [0.2, 0.25) is 0 Å². The average Bonchev–Trinajstić information content (AvgIpc) is 3.12. The SMILES string of the molecule is CC1(C)O[C@@H](C[C@@H](CCO)O[Si](c2ccccc2)(c2ccccc2)C(C)(C)C)C[C@H](C[C@@H](CCO)O[Si](c2ccccc2)(c2ccccc2)C(C)(C)C)O1. The predicted molar refractivity (Wildman–Crippen MR) is 226 cm³/mol. The molecule has 54 heavy (non-hydrogen) atoms. The number of hydrogen-bond donors (Lipinski definition) is 2. The van der Waals surface area contributed by atoms with Crippen LogP contribution < -0.4 is 20.7 Å². The third-order valence-electron chi connectivity index (χ3n) is 10.9. The molecule has 0 aliphatic carbocycles. The van der Waals surface area contributed by atoms with Crippen LogP contribution in [0.2, 0.25) is 10.1 Å². The van der Waals surface area contributed by atoms with Crippen molar-refractivity contribution >= 4 is 37.4 Å². The normalized spacial score (nSPS) is 19.3. The first-order valence-corrected chi connectivity index (χ1v) is 23.6. The second-order valence-corrected chi connectivity index (χ2v) is 25.9. The van der Waals surface area contributed by atoms with Gasteiger partial charge in [0, 0.05) is 19.6 Å². The molecular formula is C46H64O6Si2. The number of aliphatic hydroxyl groups excluding tert-OH is 2. The van der Waals surface area contributed by atoms with E-state index in [0.29, 0.717) is 32.1 Å². The summed E-state index contributed by atoms with van der Waals surface area (Å²) in [6.45, 7) is 17.7. The van der Waals surface area contributed by atoms with Crippen LogP contribution in [-0.2, 0) is 18.3 Å². The molecule has 1 heterocycles. The molecule has 1 aliphatic heterocycles. The van der Waals surface area contributed by atoms with Gasteiger partial charge in [0.15, 0.2) is 5.79 Å². The molecule has 0 aromatic heterocycles. The van der Waals surface area contributed by atoms with Gasteiger partial charge in [-0.1, -0.05) is 163 Å². The van der Waals surface area contributed by atoms with Gasteiger partial charge in [-0.05, 0) is 70.4 Å². The molecule has 1 saturated heterocycles. The fourth-order valence-electron chi connectivity index (χ4n) is 8.72. The molecule has 0 radical (unpaired) electrons. The Labute approximate surface area is 327 Å². The Bertz CT molecular complexity index is 1490. The minimum Gasteiger partial charge on any atom is -0.404 e. The Morgan fingerprint density at radius 1 is 0.556 bits per heavy atom. The summed E-state index contributed by atoms with van der Waals surface area (Å²) in [5, 5.41) is 25.3. The summed E-state index contributed by atoms with van der Waals surface area (Å²) in [4.78, 5) is 0. The number of aliphatic hydroxyl groups is 2. The van der Waals surface area contributed by atoms with E-state index in [4.69, 9.17) is 18.3 Å². The highest BCUT2D eigenvalue weighted by Gasteiger charge is 2.53. The van der Waals surface area contributed by atoms with Gasteiger partial charge >= 0.3 is 0 Å². The Morgan fingerprint density at radius 3 is 1.07 bits per heavy atom. The van der Waals surface area contributed by atoms with E-state index in [0.717, 1.165) is 0 Å².